The normalized spacial score (nSPS) is 16.4. The van der Waals surface area contributed by atoms with Crippen molar-refractivity contribution in [2.75, 3.05) is 0 Å². The number of hydrogen-bond acceptors (Lipinski definition) is 3. The van der Waals surface area contributed by atoms with Gasteiger partial charge in [0.05, 0.1) is 5.69 Å². The molecule has 0 unspecified atom stereocenters. The van der Waals surface area contributed by atoms with Crippen LogP contribution in [0.4, 0.5) is 5.69 Å². The van der Waals surface area contributed by atoms with Crippen LogP contribution >= 0.6 is 0 Å². The molecule has 0 spiro atoms. The van der Waals surface area contributed by atoms with Crippen LogP contribution in [0.2, 0.25) is 0 Å². The summed E-state index contributed by atoms with van der Waals surface area (Å²) in [5.74, 6) is -0.509. The van der Waals surface area contributed by atoms with E-state index < -0.39 is 5.97 Å². The van der Waals surface area contributed by atoms with Crippen LogP contribution in [0.15, 0.2) is 40.3 Å². The number of carboxylic acid groups (broad SMARTS) is 1. The number of nitrogens with zero attached hydrogens (tertiary/aromatic N) is 2. The van der Waals surface area contributed by atoms with Gasteiger partial charge in [0.2, 0.25) is 0 Å². The summed E-state index contributed by atoms with van der Waals surface area (Å²) in [7, 11) is 0. The number of carboxylic acids is 1. The quantitative estimate of drug-likeness (QED) is 0.745. The molecule has 2 aliphatic heterocycles. The highest BCUT2D eigenvalue weighted by atomic mass is 16.4. The molecule has 0 fully saturated rings. The van der Waals surface area contributed by atoms with E-state index in [9.17, 15) is 4.79 Å². The molecule has 0 aromatic heterocycles. The average molecular weight is 198 g/mol. The van der Waals surface area contributed by atoms with Crippen molar-refractivity contribution in [1.82, 2.24) is 0 Å². The van der Waals surface area contributed by atoms with Crippen molar-refractivity contribution in [2.45, 2.75) is 0 Å². The van der Waals surface area contributed by atoms with Gasteiger partial charge in [0.15, 0.2) is 11.5 Å². The van der Waals surface area contributed by atoms with Crippen molar-refractivity contribution in [3.63, 3.8) is 0 Å². The summed E-state index contributed by atoms with van der Waals surface area (Å²) in [4.78, 5) is 18.9. The third-order valence-electron chi connectivity index (χ3n) is 2.39. The Balaban J connectivity index is 2.16. The highest BCUT2D eigenvalue weighted by Crippen LogP contribution is 2.36. The van der Waals surface area contributed by atoms with Gasteiger partial charge in [-0.25, -0.2) is 14.8 Å². The predicted molar refractivity (Wildman–Crippen MR) is 56.6 cm³/mol. The smallest absolute Gasteiger partial charge is 0.354 e. The number of benzene rings is 1. The van der Waals surface area contributed by atoms with Gasteiger partial charge in [-0.15, -0.1) is 0 Å². The fraction of sp³-hybridized carbons (Fsp3) is 0. The molecule has 15 heavy (non-hydrogen) atoms. The zero-order valence-corrected chi connectivity index (χ0v) is 7.64. The van der Waals surface area contributed by atoms with E-state index in [0.717, 1.165) is 16.8 Å². The van der Waals surface area contributed by atoms with E-state index in [1.807, 2.05) is 24.3 Å². The summed E-state index contributed by atoms with van der Waals surface area (Å²) in [6, 6.07) is 7.60. The molecule has 72 valence electrons. The van der Waals surface area contributed by atoms with Gasteiger partial charge in [-0.2, -0.15) is 0 Å². The van der Waals surface area contributed by atoms with Crippen molar-refractivity contribution >= 4 is 28.8 Å². The Morgan fingerprint density at radius 2 is 2.00 bits per heavy atom. The van der Waals surface area contributed by atoms with Crippen molar-refractivity contribution in [1.29, 1.82) is 0 Å². The molecule has 4 nitrogen and oxygen atoms in total. The number of aliphatic imine (C=N–C) groups is 2. The van der Waals surface area contributed by atoms with Gasteiger partial charge in [0.25, 0.3) is 0 Å². The largest absolute Gasteiger partial charge is 0.477 e. The van der Waals surface area contributed by atoms with Gasteiger partial charge >= 0.3 is 5.97 Å². The molecule has 2 aliphatic rings. The maximum atomic E-state index is 10.7. The molecule has 1 N–H and O–H groups in total. The molecule has 0 bridgehead atoms. The summed E-state index contributed by atoms with van der Waals surface area (Å²) >= 11 is 0. The van der Waals surface area contributed by atoms with Crippen LogP contribution in [0.25, 0.3) is 5.57 Å². The molecule has 4 heteroatoms. The first kappa shape index (κ1) is 8.11. The Morgan fingerprint density at radius 1 is 1.20 bits per heavy atom. The molecule has 0 amide bonds. The maximum absolute atomic E-state index is 10.7. The van der Waals surface area contributed by atoms with Gasteiger partial charge in [0, 0.05) is 11.1 Å². The lowest BCUT2D eigenvalue weighted by molar-refractivity contribution is -0.129. The third kappa shape index (κ3) is 1.05. The Morgan fingerprint density at radius 3 is 2.80 bits per heavy atom. The van der Waals surface area contributed by atoms with E-state index in [-0.39, 0.29) is 5.71 Å². The molecule has 2 heterocycles. The van der Waals surface area contributed by atoms with Gasteiger partial charge in [-0.05, 0) is 12.1 Å². The Hall–Kier alpha value is -2.23. The lowest BCUT2D eigenvalue weighted by Gasteiger charge is -1.95. The maximum Gasteiger partial charge on any atom is 0.354 e. The monoisotopic (exact) mass is 198 g/mol. The SMILES string of the molecule is O=C(O)C1=NC2=Nc3ccccc3C2=C1. The molecular weight excluding hydrogens is 192 g/mol. The molecular formula is C11H6N2O2. The minimum absolute atomic E-state index is 0.0539. The van der Waals surface area contributed by atoms with E-state index in [1.54, 1.807) is 6.08 Å². The van der Waals surface area contributed by atoms with Crippen molar-refractivity contribution in [3.8, 4) is 0 Å². The second-order valence-electron chi connectivity index (χ2n) is 3.31. The summed E-state index contributed by atoms with van der Waals surface area (Å²) in [6.45, 7) is 0. The number of amidine groups is 1. The number of fused-ring (bicyclic) bond motifs is 3. The lowest BCUT2D eigenvalue weighted by atomic mass is 10.1. The van der Waals surface area contributed by atoms with Crippen LogP contribution in [0.3, 0.4) is 0 Å². The van der Waals surface area contributed by atoms with E-state index in [1.165, 1.54) is 0 Å². The van der Waals surface area contributed by atoms with E-state index in [4.69, 9.17) is 5.11 Å². The summed E-state index contributed by atoms with van der Waals surface area (Å²) in [5, 5.41) is 8.79. The molecule has 0 atom stereocenters. The van der Waals surface area contributed by atoms with Crippen LogP contribution in [0.1, 0.15) is 5.56 Å². The fourth-order valence-electron chi connectivity index (χ4n) is 1.71. The van der Waals surface area contributed by atoms with E-state index in [2.05, 4.69) is 9.98 Å². The van der Waals surface area contributed by atoms with E-state index in [0.29, 0.717) is 5.84 Å². The van der Waals surface area contributed by atoms with Crippen LogP contribution in [-0.4, -0.2) is 22.6 Å². The van der Waals surface area contributed by atoms with Gasteiger partial charge in [-0.1, -0.05) is 18.2 Å². The molecule has 0 aliphatic carbocycles. The molecule has 3 rings (SSSR count). The standard InChI is InChI=1S/C11H6N2O2/c14-11(15)9-5-7-6-3-1-2-4-8(6)12-10(7)13-9/h1-5H,(H,14,15). The zero-order chi connectivity index (χ0) is 10.4. The van der Waals surface area contributed by atoms with Crippen molar-refractivity contribution in [3.05, 3.63) is 35.9 Å². The number of hydrogen-bond donors (Lipinski definition) is 1. The van der Waals surface area contributed by atoms with Crippen LogP contribution in [0.5, 0.6) is 0 Å². The van der Waals surface area contributed by atoms with Crippen LogP contribution in [0, 0.1) is 0 Å². The first-order valence-corrected chi connectivity index (χ1v) is 4.48. The summed E-state index contributed by atoms with van der Waals surface area (Å²) < 4.78 is 0. The molecule has 1 aromatic carbocycles. The minimum atomic E-state index is -1.02. The number of aliphatic carboxylic acids is 1. The summed E-state index contributed by atoms with van der Waals surface area (Å²) in [5.41, 5.74) is 2.67. The number of rotatable bonds is 1. The topological polar surface area (TPSA) is 62.0 Å². The first-order valence-electron chi connectivity index (χ1n) is 4.48. The van der Waals surface area contributed by atoms with E-state index >= 15 is 0 Å². The third-order valence-corrected chi connectivity index (χ3v) is 2.39. The van der Waals surface area contributed by atoms with Gasteiger partial charge in [-0.3, -0.25) is 0 Å². The first-order chi connectivity index (χ1) is 7.25. The zero-order valence-electron chi connectivity index (χ0n) is 7.64. The summed E-state index contributed by atoms with van der Waals surface area (Å²) in [6.07, 6.45) is 1.56. The lowest BCUT2D eigenvalue weighted by Crippen LogP contribution is -2.07. The Bertz CT molecular complexity index is 568. The van der Waals surface area contributed by atoms with Crippen LogP contribution < -0.4 is 0 Å². The number of para-hydroxylation sites is 1. The predicted octanol–water partition coefficient (Wildman–Crippen LogP) is 1.65. The Labute approximate surface area is 85.3 Å². The van der Waals surface area contributed by atoms with Crippen molar-refractivity contribution < 1.29 is 9.90 Å². The minimum Gasteiger partial charge on any atom is -0.477 e. The molecule has 1 aromatic rings. The number of carbonyl (C=O) groups is 1. The van der Waals surface area contributed by atoms with Gasteiger partial charge in [0.1, 0.15) is 0 Å². The highest BCUT2D eigenvalue weighted by Gasteiger charge is 2.27. The van der Waals surface area contributed by atoms with Gasteiger partial charge < -0.3 is 5.11 Å². The fourth-order valence-corrected chi connectivity index (χ4v) is 1.71. The molecule has 0 saturated carbocycles. The second-order valence-corrected chi connectivity index (χ2v) is 3.31. The Kier molecular flexibility index (Phi) is 1.42. The van der Waals surface area contributed by atoms with Crippen molar-refractivity contribution in [2.24, 2.45) is 9.98 Å². The second kappa shape index (κ2) is 2.63. The highest BCUT2D eigenvalue weighted by molar-refractivity contribution is 6.52. The van der Waals surface area contributed by atoms with Crippen LogP contribution in [-0.2, 0) is 4.79 Å². The molecule has 0 radical (unpaired) electrons. The molecule has 0 saturated heterocycles. The average Bonchev–Trinajstić information content (AvgIpc) is 2.73.